The minimum atomic E-state index is -0.355. The van der Waals surface area contributed by atoms with Crippen LogP contribution in [0.3, 0.4) is 0 Å². The van der Waals surface area contributed by atoms with E-state index in [2.05, 4.69) is 26.1 Å². The first-order valence-corrected chi connectivity index (χ1v) is 7.46. The summed E-state index contributed by atoms with van der Waals surface area (Å²) >= 11 is 0. The van der Waals surface area contributed by atoms with Crippen LogP contribution in [0.25, 0.3) is 0 Å². The summed E-state index contributed by atoms with van der Waals surface area (Å²) in [6.45, 7) is 6.77. The van der Waals surface area contributed by atoms with Crippen LogP contribution in [0.15, 0.2) is 24.3 Å². The van der Waals surface area contributed by atoms with Crippen LogP contribution in [0.1, 0.15) is 51.6 Å². The van der Waals surface area contributed by atoms with Crippen LogP contribution in [-0.4, -0.2) is 11.0 Å². The minimum Gasteiger partial charge on any atom is -0.307 e. The largest absolute Gasteiger partial charge is 0.307 e. The fourth-order valence-corrected chi connectivity index (χ4v) is 3.42. The predicted octanol–water partition coefficient (Wildman–Crippen LogP) is 4.07. The molecule has 0 saturated heterocycles. The molecule has 4 nitrogen and oxygen atoms in total. The molecule has 110 valence electrons. The number of nitro benzene ring substituents is 1. The van der Waals surface area contributed by atoms with Crippen LogP contribution in [0, 0.1) is 22.0 Å². The minimum absolute atomic E-state index is 0.154. The van der Waals surface area contributed by atoms with E-state index in [9.17, 15) is 10.1 Å². The third-order valence-corrected chi connectivity index (χ3v) is 4.27. The molecule has 0 radical (unpaired) electrons. The zero-order valence-electron chi connectivity index (χ0n) is 12.5. The van der Waals surface area contributed by atoms with Crippen molar-refractivity contribution in [3.05, 3.63) is 39.9 Å². The van der Waals surface area contributed by atoms with Gasteiger partial charge in [0, 0.05) is 24.2 Å². The Kier molecular flexibility index (Phi) is 4.76. The Morgan fingerprint density at radius 2 is 1.70 bits per heavy atom. The quantitative estimate of drug-likeness (QED) is 0.666. The van der Waals surface area contributed by atoms with Crippen molar-refractivity contribution >= 4 is 5.69 Å². The molecule has 0 aromatic heterocycles. The van der Waals surface area contributed by atoms with Crippen molar-refractivity contribution in [1.29, 1.82) is 0 Å². The second kappa shape index (κ2) is 6.35. The Hall–Kier alpha value is -1.42. The van der Waals surface area contributed by atoms with Crippen molar-refractivity contribution in [2.45, 2.75) is 52.1 Å². The summed E-state index contributed by atoms with van der Waals surface area (Å²) in [5, 5.41) is 14.3. The molecule has 4 heteroatoms. The highest BCUT2D eigenvalue weighted by Crippen LogP contribution is 2.30. The van der Waals surface area contributed by atoms with Crippen molar-refractivity contribution < 1.29 is 4.92 Å². The van der Waals surface area contributed by atoms with Crippen molar-refractivity contribution in [3.8, 4) is 0 Å². The molecule has 20 heavy (non-hydrogen) atoms. The summed E-state index contributed by atoms with van der Waals surface area (Å²) in [4.78, 5) is 10.3. The van der Waals surface area contributed by atoms with Crippen molar-refractivity contribution in [2.24, 2.45) is 11.8 Å². The molecule has 1 aromatic rings. The zero-order valence-corrected chi connectivity index (χ0v) is 12.5. The average Bonchev–Trinajstić information content (AvgIpc) is 2.37. The normalized spacial score (nSPS) is 28.1. The molecule has 1 aliphatic carbocycles. The molecular weight excluding hydrogens is 252 g/mol. The Morgan fingerprint density at radius 1 is 1.15 bits per heavy atom. The molecule has 0 heterocycles. The van der Waals surface area contributed by atoms with E-state index in [0.717, 1.165) is 17.4 Å². The summed E-state index contributed by atoms with van der Waals surface area (Å²) in [5.74, 6) is 1.56. The highest BCUT2D eigenvalue weighted by molar-refractivity contribution is 5.34. The number of hydrogen-bond acceptors (Lipinski definition) is 3. The molecular formula is C16H24N2O2. The molecule has 3 unspecified atom stereocenters. The molecule has 2 rings (SSSR count). The van der Waals surface area contributed by atoms with E-state index in [1.54, 1.807) is 12.1 Å². The van der Waals surface area contributed by atoms with Crippen molar-refractivity contribution in [1.82, 2.24) is 5.32 Å². The summed E-state index contributed by atoms with van der Waals surface area (Å²) in [6.07, 6.45) is 3.77. The molecule has 1 aromatic carbocycles. The average molecular weight is 276 g/mol. The van der Waals surface area contributed by atoms with E-state index >= 15 is 0 Å². The topological polar surface area (TPSA) is 55.2 Å². The summed E-state index contributed by atoms with van der Waals surface area (Å²) < 4.78 is 0. The number of nitrogens with zero attached hydrogens (tertiary/aromatic N) is 1. The Labute approximate surface area is 120 Å². The van der Waals surface area contributed by atoms with Gasteiger partial charge in [0.05, 0.1) is 4.92 Å². The van der Waals surface area contributed by atoms with Gasteiger partial charge in [0.15, 0.2) is 0 Å². The number of hydrogen-bond donors (Lipinski definition) is 1. The smallest absolute Gasteiger partial charge is 0.269 e. The van der Waals surface area contributed by atoms with E-state index < -0.39 is 0 Å². The molecule has 0 aliphatic heterocycles. The summed E-state index contributed by atoms with van der Waals surface area (Å²) in [7, 11) is 0. The van der Waals surface area contributed by atoms with Crippen LogP contribution in [0.4, 0.5) is 5.69 Å². The second-order valence-corrected chi connectivity index (χ2v) is 6.35. The molecule has 1 N–H and O–H groups in total. The molecule has 3 atom stereocenters. The number of nitro groups is 1. The summed E-state index contributed by atoms with van der Waals surface area (Å²) in [6, 6.07) is 7.66. The third kappa shape index (κ3) is 3.79. The lowest BCUT2D eigenvalue weighted by Crippen LogP contribution is -2.37. The Balaban J connectivity index is 1.97. The molecule has 0 amide bonds. The number of non-ortho nitro benzene ring substituents is 1. The van der Waals surface area contributed by atoms with E-state index in [-0.39, 0.29) is 16.7 Å². The zero-order chi connectivity index (χ0) is 14.7. The van der Waals surface area contributed by atoms with Gasteiger partial charge in [-0.2, -0.15) is 0 Å². The van der Waals surface area contributed by atoms with Crippen LogP contribution in [0.5, 0.6) is 0 Å². The molecule has 1 fully saturated rings. The SMILES string of the molecule is CC1CC(C)CC(NC(C)c2ccc([N+](=O)[O-])cc2)C1. The number of rotatable bonds is 4. The Morgan fingerprint density at radius 3 is 2.20 bits per heavy atom. The number of benzene rings is 1. The monoisotopic (exact) mass is 276 g/mol. The first-order valence-electron chi connectivity index (χ1n) is 7.46. The molecule has 0 spiro atoms. The summed E-state index contributed by atoms with van der Waals surface area (Å²) in [5.41, 5.74) is 1.27. The first-order chi connectivity index (χ1) is 9.45. The van der Waals surface area contributed by atoms with Gasteiger partial charge in [-0.25, -0.2) is 0 Å². The molecule has 0 bridgehead atoms. The third-order valence-electron chi connectivity index (χ3n) is 4.27. The molecule has 1 aliphatic rings. The van der Waals surface area contributed by atoms with Crippen LogP contribution in [0.2, 0.25) is 0 Å². The van der Waals surface area contributed by atoms with Gasteiger partial charge in [-0.3, -0.25) is 10.1 Å². The first kappa shape index (κ1) is 15.0. The van der Waals surface area contributed by atoms with E-state index in [0.29, 0.717) is 6.04 Å². The predicted molar refractivity (Wildman–Crippen MR) is 80.6 cm³/mol. The lowest BCUT2D eigenvalue weighted by atomic mass is 9.80. The standard InChI is InChI=1S/C16H24N2O2/c1-11-8-12(2)10-15(9-11)17-13(3)14-4-6-16(7-5-14)18(19)20/h4-7,11-13,15,17H,8-10H2,1-3H3. The van der Waals surface area contributed by atoms with Gasteiger partial charge in [-0.05, 0) is 43.6 Å². The van der Waals surface area contributed by atoms with Crippen molar-refractivity contribution in [2.75, 3.05) is 0 Å². The fourth-order valence-electron chi connectivity index (χ4n) is 3.42. The van der Waals surface area contributed by atoms with E-state index in [1.807, 2.05) is 12.1 Å². The number of nitrogens with one attached hydrogen (secondary N) is 1. The van der Waals surface area contributed by atoms with Gasteiger partial charge in [-0.1, -0.05) is 26.0 Å². The van der Waals surface area contributed by atoms with Crippen LogP contribution < -0.4 is 5.32 Å². The van der Waals surface area contributed by atoms with Gasteiger partial charge in [-0.15, -0.1) is 0 Å². The van der Waals surface area contributed by atoms with Gasteiger partial charge in [0.1, 0.15) is 0 Å². The maximum absolute atomic E-state index is 10.7. The maximum Gasteiger partial charge on any atom is 0.269 e. The van der Waals surface area contributed by atoms with E-state index in [4.69, 9.17) is 0 Å². The highest BCUT2D eigenvalue weighted by Gasteiger charge is 2.25. The fraction of sp³-hybridized carbons (Fsp3) is 0.625. The van der Waals surface area contributed by atoms with Gasteiger partial charge >= 0.3 is 0 Å². The van der Waals surface area contributed by atoms with Gasteiger partial charge < -0.3 is 5.32 Å². The van der Waals surface area contributed by atoms with Gasteiger partial charge in [0.25, 0.3) is 5.69 Å². The lowest BCUT2D eigenvalue weighted by Gasteiger charge is -2.34. The van der Waals surface area contributed by atoms with Gasteiger partial charge in [0.2, 0.25) is 0 Å². The maximum atomic E-state index is 10.7. The van der Waals surface area contributed by atoms with Crippen LogP contribution >= 0.6 is 0 Å². The Bertz CT molecular complexity index is 448. The second-order valence-electron chi connectivity index (χ2n) is 6.35. The lowest BCUT2D eigenvalue weighted by molar-refractivity contribution is -0.384. The highest BCUT2D eigenvalue weighted by atomic mass is 16.6. The van der Waals surface area contributed by atoms with Crippen molar-refractivity contribution in [3.63, 3.8) is 0 Å². The van der Waals surface area contributed by atoms with Crippen LogP contribution in [-0.2, 0) is 0 Å². The molecule has 1 saturated carbocycles. The van der Waals surface area contributed by atoms with E-state index in [1.165, 1.54) is 19.3 Å².